The molecule has 8 heteroatoms. The van der Waals surface area contributed by atoms with Crippen LogP contribution in [0.2, 0.25) is 0 Å². The molecule has 2 heterocycles. The highest BCUT2D eigenvalue weighted by atomic mass is 32.2. The Kier molecular flexibility index (Phi) is 2.92. The van der Waals surface area contributed by atoms with Crippen LogP contribution in [-0.4, -0.2) is 24.8 Å². The maximum absolute atomic E-state index is 11.3. The first kappa shape index (κ1) is 12.1. The molecule has 0 amide bonds. The summed E-state index contributed by atoms with van der Waals surface area (Å²) < 4.78 is 27.7. The van der Waals surface area contributed by atoms with E-state index in [-0.39, 0.29) is 11.7 Å². The van der Waals surface area contributed by atoms with Crippen LogP contribution < -0.4 is 5.73 Å². The van der Waals surface area contributed by atoms with Gasteiger partial charge in [0.1, 0.15) is 5.25 Å². The second kappa shape index (κ2) is 4.11. The number of nitrogens with two attached hydrogens (primary N) is 1. The minimum atomic E-state index is -3.23. The zero-order valence-corrected chi connectivity index (χ0v) is 10.9. The molecule has 2 aromatic rings. The fourth-order valence-electron chi connectivity index (χ4n) is 1.16. The van der Waals surface area contributed by atoms with Crippen molar-refractivity contribution in [3.63, 3.8) is 0 Å². The molecule has 1 unspecified atom stereocenters. The van der Waals surface area contributed by atoms with Gasteiger partial charge in [-0.15, -0.1) is 11.3 Å². The Balaban J connectivity index is 2.34. The quantitative estimate of drug-likeness (QED) is 0.909. The topological polar surface area (TPSA) is 99.1 Å². The lowest BCUT2D eigenvalue weighted by molar-refractivity contribution is 0.422. The monoisotopic (exact) mass is 273 g/mol. The number of sulfone groups is 1. The summed E-state index contributed by atoms with van der Waals surface area (Å²) in [5.41, 5.74) is 5.58. The molecule has 0 spiro atoms. The Morgan fingerprint density at radius 2 is 2.18 bits per heavy atom. The predicted molar refractivity (Wildman–Crippen MR) is 65.3 cm³/mol. The molecule has 0 aliphatic heterocycles. The molecule has 2 aromatic heterocycles. The standard InChI is InChI=1S/C9H11N3O3S2/c1-5(17(2,13)14)8-11-9(15-12-8)6-3-4-7(10)16-6/h3-5H,10H2,1-2H3. The summed E-state index contributed by atoms with van der Waals surface area (Å²) in [5, 5.41) is 3.52. The SMILES string of the molecule is CC(c1noc(-c2ccc(N)s2)n1)S(C)(=O)=O. The molecule has 1 atom stereocenters. The first-order chi connectivity index (χ1) is 7.88. The Labute approximate surface area is 102 Å². The van der Waals surface area contributed by atoms with Crippen molar-refractivity contribution in [2.24, 2.45) is 0 Å². The third kappa shape index (κ3) is 2.47. The highest BCUT2D eigenvalue weighted by molar-refractivity contribution is 7.90. The zero-order valence-electron chi connectivity index (χ0n) is 9.25. The minimum absolute atomic E-state index is 0.162. The average Bonchev–Trinajstić information content (AvgIpc) is 2.83. The van der Waals surface area contributed by atoms with Gasteiger partial charge < -0.3 is 10.3 Å². The summed E-state index contributed by atoms with van der Waals surface area (Å²) in [4.78, 5) is 4.78. The summed E-state index contributed by atoms with van der Waals surface area (Å²) in [6, 6.07) is 3.48. The fraction of sp³-hybridized carbons (Fsp3) is 0.333. The largest absolute Gasteiger partial charge is 0.391 e. The lowest BCUT2D eigenvalue weighted by Gasteiger charge is -2.01. The van der Waals surface area contributed by atoms with Gasteiger partial charge in [0.2, 0.25) is 0 Å². The molecular formula is C9H11N3O3S2. The molecule has 17 heavy (non-hydrogen) atoms. The minimum Gasteiger partial charge on any atom is -0.391 e. The second-order valence-corrected chi connectivity index (χ2v) is 7.11. The van der Waals surface area contributed by atoms with Crippen molar-refractivity contribution in [1.29, 1.82) is 0 Å². The van der Waals surface area contributed by atoms with Crippen LogP contribution in [0.25, 0.3) is 10.8 Å². The maximum atomic E-state index is 11.3. The van der Waals surface area contributed by atoms with Crippen LogP contribution in [0.3, 0.4) is 0 Å². The summed E-state index contributed by atoms with van der Waals surface area (Å²) in [6.07, 6.45) is 1.14. The molecule has 0 bridgehead atoms. The normalized spacial score (nSPS) is 13.8. The van der Waals surface area contributed by atoms with Crippen LogP contribution in [0.4, 0.5) is 5.00 Å². The third-order valence-electron chi connectivity index (χ3n) is 2.29. The lowest BCUT2D eigenvalue weighted by Crippen LogP contribution is -2.09. The van der Waals surface area contributed by atoms with Crippen molar-refractivity contribution in [3.8, 4) is 10.8 Å². The van der Waals surface area contributed by atoms with Gasteiger partial charge in [-0.2, -0.15) is 4.98 Å². The highest BCUT2D eigenvalue weighted by Crippen LogP contribution is 2.29. The predicted octanol–water partition coefficient (Wildman–Crippen LogP) is 1.49. The summed E-state index contributed by atoms with van der Waals surface area (Å²) in [5.74, 6) is 0.451. The van der Waals surface area contributed by atoms with E-state index >= 15 is 0 Å². The molecule has 0 saturated heterocycles. The zero-order chi connectivity index (χ0) is 12.6. The molecule has 0 aliphatic rings. The summed E-state index contributed by atoms with van der Waals surface area (Å²) in [6.45, 7) is 1.52. The molecule has 2 N–H and O–H groups in total. The van der Waals surface area contributed by atoms with E-state index in [2.05, 4.69) is 10.1 Å². The van der Waals surface area contributed by atoms with Gasteiger partial charge in [0.05, 0.1) is 9.88 Å². The number of hydrogen-bond donors (Lipinski definition) is 1. The van der Waals surface area contributed by atoms with Crippen LogP contribution >= 0.6 is 11.3 Å². The van der Waals surface area contributed by atoms with Crippen molar-refractivity contribution >= 4 is 26.2 Å². The van der Waals surface area contributed by atoms with Crippen LogP contribution in [0.1, 0.15) is 18.0 Å². The third-order valence-corrected chi connectivity index (χ3v) is 4.68. The lowest BCUT2D eigenvalue weighted by atomic mass is 10.4. The average molecular weight is 273 g/mol. The van der Waals surface area contributed by atoms with E-state index in [9.17, 15) is 8.42 Å². The molecule has 2 rings (SSSR count). The number of anilines is 1. The van der Waals surface area contributed by atoms with Crippen molar-refractivity contribution in [2.45, 2.75) is 12.2 Å². The van der Waals surface area contributed by atoms with Crippen LogP contribution in [0.5, 0.6) is 0 Å². The number of aromatic nitrogens is 2. The molecule has 0 saturated carbocycles. The van der Waals surface area contributed by atoms with E-state index in [1.807, 2.05) is 0 Å². The number of hydrogen-bond acceptors (Lipinski definition) is 7. The smallest absolute Gasteiger partial charge is 0.268 e. The number of nitrogens with zero attached hydrogens (tertiary/aromatic N) is 2. The Hall–Kier alpha value is -1.41. The van der Waals surface area contributed by atoms with Crippen LogP contribution in [0.15, 0.2) is 16.7 Å². The molecule has 6 nitrogen and oxygen atoms in total. The van der Waals surface area contributed by atoms with Gasteiger partial charge in [-0.05, 0) is 19.1 Å². The van der Waals surface area contributed by atoms with E-state index in [1.54, 1.807) is 12.1 Å². The second-order valence-electron chi connectivity index (χ2n) is 3.63. The Morgan fingerprint density at radius 3 is 2.71 bits per heavy atom. The van der Waals surface area contributed by atoms with Gasteiger partial charge in [-0.25, -0.2) is 8.42 Å². The molecule has 0 aromatic carbocycles. The highest BCUT2D eigenvalue weighted by Gasteiger charge is 2.23. The van der Waals surface area contributed by atoms with Gasteiger partial charge in [0.15, 0.2) is 15.7 Å². The van der Waals surface area contributed by atoms with Gasteiger partial charge in [0, 0.05) is 6.26 Å². The first-order valence-corrected chi connectivity index (χ1v) is 7.53. The van der Waals surface area contributed by atoms with Crippen molar-refractivity contribution in [3.05, 3.63) is 18.0 Å². The van der Waals surface area contributed by atoms with Crippen LogP contribution in [0, 0.1) is 0 Å². The molecular weight excluding hydrogens is 262 g/mol. The van der Waals surface area contributed by atoms with Crippen molar-refractivity contribution in [2.75, 3.05) is 12.0 Å². The molecule has 0 aliphatic carbocycles. The number of thiophene rings is 1. The van der Waals surface area contributed by atoms with E-state index < -0.39 is 15.1 Å². The number of rotatable bonds is 3. The fourth-order valence-corrected chi connectivity index (χ4v) is 2.33. The molecule has 92 valence electrons. The molecule has 0 radical (unpaired) electrons. The van der Waals surface area contributed by atoms with E-state index in [1.165, 1.54) is 18.3 Å². The van der Waals surface area contributed by atoms with E-state index in [0.29, 0.717) is 5.00 Å². The van der Waals surface area contributed by atoms with Gasteiger partial charge in [0.25, 0.3) is 5.89 Å². The Bertz CT molecular complexity index is 629. The van der Waals surface area contributed by atoms with Gasteiger partial charge in [-0.1, -0.05) is 5.16 Å². The van der Waals surface area contributed by atoms with E-state index in [0.717, 1.165) is 11.1 Å². The maximum Gasteiger partial charge on any atom is 0.268 e. The van der Waals surface area contributed by atoms with Crippen molar-refractivity contribution < 1.29 is 12.9 Å². The van der Waals surface area contributed by atoms with Gasteiger partial charge >= 0.3 is 0 Å². The summed E-state index contributed by atoms with van der Waals surface area (Å²) in [7, 11) is -3.23. The summed E-state index contributed by atoms with van der Waals surface area (Å²) >= 11 is 1.31. The molecule has 0 fully saturated rings. The van der Waals surface area contributed by atoms with Crippen LogP contribution in [-0.2, 0) is 9.84 Å². The number of nitrogen functional groups attached to an aromatic ring is 1. The first-order valence-electron chi connectivity index (χ1n) is 4.76. The van der Waals surface area contributed by atoms with Gasteiger partial charge in [-0.3, -0.25) is 0 Å². The van der Waals surface area contributed by atoms with E-state index in [4.69, 9.17) is 10.3 Å². The Morgan fingerprint density at radius 1 is 1.47 bits per heavy atom. The van der Waals surface area contributed by atoms with Crippen molar-refractivity contribution in [1.82, 2.24) is 10.1 Å².